The highest BCUT2D eigenvalue weighted by atomic mass is 79.9. The van der Waals surface area contributed by atoms with Crippen molar-refractivity contribution in [1.82, 2.24) is 5.32 Å². The SMILES string of the molecule is CCCC(C)(N)C(=O)NCC(O)COc1ccccc1Br. The number of hydrogen-bond donors (Lipinski definition) is 3. The summed E-state index contributed by atoms with van der Waals surface area (Å²) in [5, 5.41) is 12.5. The number of hydrogen-bond acceptors (Lipinski definition) is 4. The Bertz CT molecular complexity index is 466. The normalized spacial score (nSPS) is 15.1. The molecule has 0 fully saturated rings. The van der Waals surface area contributed by atoms with Crippen LogP contribution < -0.4 is 15.8 Å². The minimum atomic E-state index is -0.905. The molecular formula is C15H23BrN2O3. The monoisotopic (exact) mass is 358 g/mol. The van der Waals surface area contributed by atoms with E-state index in [1.54, 1.807) is 13.0 Å². The second-order valence-electron chi connectivity index (χ2n) is 5.27. The van der Waals surface area contributed by atoms with Crippen LogP contribution in [0.15, 0.2) is 28.7 Å². The zero-order valence-electron chi connectivity index (χ0n) is 12.4. The fourth-order valence-electron chi connectivity index (χ4n) is 1.85. The molecule has 0 aliphatic heterocycles. The van der Waals surface area contributed by atoms with Gasteiger partial charge in [-0.15, -0.1) is 0 Å². The van der Waals surface area contributed by atoms with Crippen LogP contribution in [0.5, 0.6) is 5.75 Å². The quantitative estimate of drug-likeness (QED) is 0.661. The van der Waals surface area contributed by atoms with Gasteiger partial charge in [-0.2, -0.15) is 0 Å². The number of carbonyl (C=O) groups is 1. The van der Waals surface area contributed by atoms with Crippen molar-refractivity contribution in [3.05, 3.63) is 28.7 Å². The lowest BCUT2D eigenvalue weighted by atomic mass is 9.96. The van der Waals surface area contributed by atoms with Crippen molar-refractivity contribution in [3.8, 4) is 5.75 Å². The Balaban J connectivity index is 2.36. The van der Waals surface area contributed by atoms with Gasteiger partial charge >= 0.3 is 0 Å². The van der Waals surface area contributed by atoms with Crippen molar-refractivity contribution in [2.45, 2.75) is 38.3 Å². The van der Waals surface area contributed by atoms with Gasteiger partial charge in [-0.1, -0.05) is 25.5 Å². The Hall–Kier alpha value is -1.11. The standard InChI is InChI=1S/C15H23BrN2O3/c1-3-8-15(2,17)14(20)18-9-11(19)10-21-13-7-5-4-6-12(13)16/h4-7,11,19H,3,8-10,17H2,1-2H3,(H,18,20). The first-order valence-corrected chi connectivity index (χ1v) is 7.78. The first kappa shape index (κ1) is 17.9. The molecule has 2 unspecified atom stereocenters. The lowest BCUT2D eigenvalue weighted by Crippen LogP contribution is -2.53. The molecule has 1 aromatic rings. The first-order valence-electron chi connectivity index (χ1n) is 6.99. The van der Waals surface area contributed by atoms with E-state index < -0.39 is 11.6 Å². The summed E-state index contributed by atoms with van der Waals surface area (Å²) < 4.78 is 6.30. The molecule has 1 rings (SSSR count). The molecule has 0 aliphatic carbocycles. The fraction of sp³-hybridized carbons (Fsp3) is 0.533. The Kier molecular flexibility index (Phi) is 7.14. The number of para-hydroxylation sites is 1. The Morgan fingerprint density at radius 1 is 1.52 bits per heavy atom. The summed E-state index contributed by atoms with van der Waals surface area (Å²) in [4.78, 5) is 11.9. The van der Waals surface area contributed by atoms with Gasteiger partial charge in [0.15, 0.2) is 0 Å². The topological polar surface area (TPSA) is 84.6 Å². The molecule has 6 heteroatoms. The van der Waals surface area contributed by atoms with Crippen molar-refractivity contribution in [1.29, 1.82) is 0 Å². The molecule has 5 nitrogen and oxygen atoms in total. The molecule has 0 radical (unpaired) electrons. The van der Waals surface area contributed by atoms with E-state index in [4.69, 9.17) is 10.5 Å². The Labute approximate surface area is 134 Å². The van der Waals surface area contributed by atoms with Gasteiger partial charge in [-0.25, -0.2) is 0 Å². The van der Waals surface area contributed by atoms with Gasteiger partial charge in [-0.3, -0.25) is 4.79 Å². The van der Waals surface area contributed by atoms with Crippen molar-refractivity contribution >= 4 is 21.8 Å². The highest BCUT2D eigenvalue weighted by molar-refractivity contribution is 9.10. The van der Waals surface area contributed by atoms with Crippen molar-refractivity contribution in [2.24, 2.45) is 5.73 Å². The second-order valence-corrected chi connectivity index (χ2v) is 6.13. The maximum Gasteiger partial charge on any atom is 0.239 e. The molecule has 118 valence electrons. The van der Waals surface area contributed by atoms with Crippen LogP contribution in [0.25, 0.3) is 0 Å². The Morgan fingerprint density at radius 2 is 2.19 bits per heavy atom. The van der Waals surface area contributed by atoms with Crippen LogP contribution in [0.2, 0.25) is 0 Å². The molecule has 1 amide bonds. The third-order valence-corrected chi connectivity index (χ3v) is 3.71. The number of halogens is 1. The molecule has 2 atom stereocenters. The average molecular weight is 359 g/mol. The predicted octanol–water partition coefficient (Wildman–Crippen LogP) is 1.82. The summed E-state index contributed by atoms with van der Waals surface area (Å²) in [6, 6.07) is 7.38. The number of ether oxygens (including phenoxy) is 1. The number of aliphatic hydroxyl groups excluding tert-OH is 1. The van der Waals surface area contributed by atoms with E-state index in [2.05, 4.69) is 21.2 Å². The van der Waals surface area contributed by atoms with Crippen molar-refractivity contribution in [2.75, 3.05) is 13.2 Å². The maximum absolute atomic E-state index is 11.9. The van der Waals surface area contributed by atoms with Crippen LogP contribution in [0, 0.1) is 0 Å². The third-order valence-electron chi connectivity index (χ3n) is 3.05. The van der Waals surface area contributed by atoms with Crippen LogP contribution in [-0.4, -0.2) is 35.8 Å². The van der Waals surface area contributed by atoms with Gasteiger partial charge < -0.3 is 20.9 Å². The van der Waals surface area contributed by atoms with E-state index in [0.717, 1.165) is 10.9 Å². The smallest absolute Gasteiger partial charge is 0.239 e. The van der Waals surface area contributed by atoms with E-state index in [1.807, 2.05) is 25.1 Å². The van der Waals surface area contributed by atoms with Gasteiger partial charge in [0, 0.05) is 6.54 Å². The molecule has 0 saturated carbocycles. The summed E-state index contributed by atoms with van der Waals surface area (Å²) in [7, 11) is 0. The van der Waals surface area contributed by atoms with Gasteiger partial charge in [0.2, 0.25) is 5.91 Å². The number of aliphatic hydroxyl groups is 1. The summed E-state index contributed by atoms with van der Waals surface area (Å²) in [6.07, 6.45) is 0.634. The Morgan fingerprint density at radius 3 is 2.81 bits per heavy atom. The summed E-state index contributed by atoms with van der Waals surface area (Å²) in [6.45, 7) is 3.87. The van der Waals surface area contributed by atoms with Gasteiger partial charge in [0.25, 0.3) is 0 Å². The predicted molar refractivity (Wildman–Crippen MR) is 86.2 cm³/mol. The fourth-order valence-corrected chi connectivity index (χ4v) is 2.25. The second kappa shape index (κ2) is 8.36. The largest absolute Gasteiger partial charge is 0.490 e. The van der Waals surface area contributed by atoms with Crippen LogP contribution in [0.4, 0.5) is 0 Å². The highest BCUT2D eigenvalue weighted by Crippen LogP contribution is 2.23. The van der Waals surface area contributed by atoms with E-state index in [-0.39, 0.29) is 19.1 Å². The zero-order chi connectivity index (χ0) is 15.9. The average Bonchev–Trinajstić information content (AvgIpc) is 2.43. The zero-order valence-corrected chi connectivity index (χ0v) is 14.0. The molecule has 0 bridgehead atoms. The number of rotatable bonds is 8. The highest BCUT2D eigenvalue weighted by Gasteiger charge is 2.27. The number of nitrogens with one attached hydrogen (secondary N) is 1. The maximum atomic E-state index is 11.9. The van der Waals surface area contributed by atoms with Crippen LogP contribution >= 0.6 is 15.9 Å². The number of nitrogens with two attached hydrogens (primary N) is 1. The van der Waals surface area contributed by atoms with E-state index >= 15 is 0 Å². The summed E-state index contributed by atoms with van der Waals surface area (Å²) >= 11 is 3.36. The minimum Gasteiger partial charge on any atom is -0.490 e. The number of benzene rings is 1. The van der Waals surface area contributed by atoms with E-state index in [1.165, 1.54) is 0 Å². The number of amides is 1. The molecule has 0 spiro atoms. The van der Waals surface area contributed by atoms with Gasteiger partial charge in [0.05, 0.1) is 10.0 Å². The minimum absolute atomic E-state index is 0.0952. The molecule has 0 saturated heterocycles. The molecule has 0 aliphatic rings. The number of carbonyl (C=O) groups excluding carboxylic acids is 1. The molecule has 0 aromatic heterocycles. The van der Waals surface area contributed by atoms with E-state index in [0.29, 0.717) is 12.2 Å². The molecule has 4 N–H and O–H groups in total. The van der Waals surface area contributed by atoms with Gasteiger partial charge in [-0.05, 0) is 41.4 Å². The first-order chi connectivity index (χ1) is 9.86. The van der Waals surface area contributed by atoms with Crippen LogP contribution in [-0.2, 0) is 4.79 Å². The van der Waals surface area contributed by atoms with Crippen molar-refractivity contribution < 1.29 is 14.6 Å². The molecule has 1 aromatic carbocycles. The van der Waals surface area contributed by atoms with Gasteiger partial charge in [0.1, 0.15) is 18.5 Å². The van der Waals surface area contributed by atoms with Crippen LogP contribution in [0.1, 0.15) is 26.7 Å². The lowest BCUT2D eigenvalue weighted by molar-refractivity contribution is -0.126. The van der Waals surface area contributed by atoms with E-state index in [9.17, 15) is 9.90 Å². The third kappa shape index (κ3) is 6.03. The summed E-state index contributed by atoms with van der Waals surface area (Å²) in [5.41, 5.74) is 5.01. The van der Waals surface area contributed by atoms with Crippen molar-refractivity contribution in [3.63, 3.8) is 0 Å². The molecule has 0 heterocycles. The van der Waals surface area contributed by atoms with Crippen LogP contribution in [0.3, 0.4) is 0 Å². The molecule has 21 heavy (non-hydrogen) atoms. The lowest BCUT2D eigenvalue weighted by Gasteiger charge is -2.23. The summed E-state index contributed by atoms with van der Waals surface area (Å²) in [5.74, 6) is 0.391. The molecular weight excluding hydrogens is 336 g/mol.